The van der Waals surface area contributed by atoms with Crippen LogP contribution in [-0.2, 0) is 0 Å². The van der Waals surface area contributed by atoms with Crippen LogP contribution in [0.1, 0.15) is 32.7 Å². The average Bonchev–Trinajstić information content (AvgIpc) is 2.56. The molecule has 0 saturated carbocycles. The number of amides is 1. The van der Waals surface area contributed by atoms with E-state index in [4.69, 9.17) is 4.74 Å². The third-order valence-corrected chi connectivity index (χ3v) is 4.37. The minimum absolute atomic E-state index is 0.148. The SMILES string of the molecule is COc1ccc2nc(C)c(C(=O)Nc3c(C)cc(C)cc3C)cc2c1. The number of hydrogen-bond donors (Lipinski definition) is 1. The molecule has 0 unspecified atom stereocenters. The summed E-state index contributed by atoms with van der Waals surface area (Å²) in [4.78, 5) is 17.4. The Labute approximate surface area is 147 Å². The molecule has 0 aliphatic rings. The number of nitrogens with one attached hydrogen (secondary N) is 1. The van der Waals surface area contributed by atoms with Crippen molar-refractivity contribution in [1.82, 2.24) is 4.98 Å². The van der Waals surface area contributed by atoms with Crippen LogP contribution in [0.4, 0.5) is 5.69 Å². The molecule has 0 fully saturated rings. The van der Waals surface area contributed by atoms with Gasteiger partial charge in [-0.2, -0.15) is 0 Å². The maximum atomic E-state index is 12.8. The molecule has 0 saturated heterocycles. The van der Waals surface area contributed by atoms with Gasteiger partial charge < -0.3 is 10.1 Å². The predicted octanol–water partition coefficient (Wildman–Crippen LogP) is 4.73. The standard InChI is InChI=1S/C21H22N2O2/c1-12-8-13(2)20(14(3)9-12)23-21(24)18-11-16-10-17(25-5)6-7-19(16)22-15(18)4/h6-11H,1-5H3,(H,23,24). The van der Waals surface area contributed by atoms with Crippen molar-refractivity contribution in [3.8, 4) is 5.75 Å². The summed E-state index contributed by atoms with van der Waals surface area (Å²) in [5, 5.41) is 3.93. The van der Waals surface area contributed by atoms with E-state index in [1.54, 1.807) is 7.11 Å². The molecule has 1 amide bonds. The van der Waals surface area contributed by atoms with E-state index in [-0.39, 0.29) is 5.91 Å². The number of benzene rings is 2. The highest BCUT2D eigenvalue weighted by molar-refractivity contribution is 6.07. The third-order valence-electron chi connectivity index (χ3n) is 4.37. The molecule has 1 N–H and O–H groups in total. The number of nitrogens with zero attached hydrogens (tertiary/aromatic N) is 1. The van der Waals surface area contributed by atoms with Crippen molar-refractivity contribution in [3.63, 3.8) is 0 Å². The highest BCUT2D eigenvalue weighted by Crippen LogP contribution is 2.25. The van der Waals surface area contributed by atoms with E-state index in [1.165, 1.54) is 5.56 Å². The molecule has 0 spiro atoms. The molecule has 0 bridgehead atoms. The molecule has 0 atom stereocenters. The zero-order chi connectivity index (χ0) is 18.1. The summed E-state index contributed by atoms with van der Waals surface area (Å²) in [6.45, 7) is 7.92. The molecule has 4 nitrogen and oxygen atoms in total. The zero-order valence-corrected chi connectivity index (χ0v) is 15.2. The van der Waals surface area contributed by atoms with Gasteiger partial charge >= 0.3 is 0 Å². The van der Waals surface area contributed by atoms with E-state index in [0.29, 0.717) is 11.3 Å². The highest BCUT2D eigenvalue weighted by atomic mass is 16.5. The molecule has 4 heteroatoms. The summed E-state index contributed by atoms with van der Waals surface area (Å²) in [7, 11) is 1.62. The minimum Gasteiger partial charge on any atom is -0.497 e. The Morgan fingerprint density at radius 3 is 2.32 bits per heavy atom. The number of ether oxygens (including phenoxy) is 1. The Balaban J connectivity index is 2.01. The smallest absolute Gasteiger partial charge is 0.257 e. The van der Waals surface area contributed by atoms with Crippen molar-refractivity contribution in [2.75, 3.05) is 12.4 Å². The number of methoxy groups -OCH3 is 1. The Hall–Kier alpha value is -2.88. The fourth-order valence-electron chi connectivity index (χ4n) is 3.17. The van der Waals surface area contributed by atoms with Crippen molar-refractivity contribution in [1.29, 1.82) is 0 Å². The van der Waals surface area contributed by atoms with Gasteiger partial charge in [-0.1, -0.05) is 17.7 Å². The summed E-state index contributed by atoms with van der Waals surface area (Å²) in [6, 6.07) is 11.7. The molecule has 1 aromatic heterocycles. The average molecular weight is 334 g/mol. The van der Waals surface area contributed by atoms with Gasteiger partial charge in [-0.05, 0) is 63.1 Å². The number of fused-ring (bicyclic) bond motifs is 1. The largest absolute Gasteiger partial charge is 0.497 e. The van der Waals surface area contributed by atoms with Crippen molar-refractivity contribution in [2.24, 2.45) is 0 Å². The lowest BCUT2D eigenvalue weighted by molar-refractivity contribution is 0.102. The molecular weight excluding hydrogens is 312 g/mol. The lowest BCUT2D eigenvalue weighted by Gasteiger charge is -2.14. The summed E-state index contributed by atoms with van der Waals surface area (Å²) in [6.07, 6.45) is 0. The van der Waals surface area contributed by atoms with Crippen LogP contribution in [0.15, 0.2) is 36.4 Å². The fourth-order valence-corrected chi connectivity index (χ4v) is 3.17. The van der Waals surface area contributed by atoms with E-state index in [1.807, 2.05) is 45.0 Å². The molecule has 128 valence electrons. The van der Waals surface area contributed by atoms with Crippen LogP contribution in [0.2, 0.25) is 0 Å². The van der Waals surface area contributed by atoms with E-state index in [2.05, 4.69) is 29.4 Å². The number of carbonyl (C=O) groups is 1. The number of aromatic nitrogens is 1. The Morgan fingerprint density at radius 2 is 1.68 bits per heavy atom. The van der Waals surface area contributed by atoms with Crippen LogP contribution in [0.25, 0.3) is 10.9 Å². The normalized spacial score (nSPS) is 10.8. The third kappa shape index (κ3) is 3.33. The number of hydrogen-bond acceptors (Lipinski definition) is 3. The molecule has 25 heavy (non-hydrogen) atoms. The predicted molar refractivity (Wildman–Crippen MR) is 102 cm³/mol. The maximum absolute atomic E-state index is 12.8. The molecule has 0 aliphatic carbocycles. The van der Waals surface area contributed by atoms with Crippen LogP contribution < -0.4 is 10.1 Å². The van der Waals surface area contributed by atoms with Crippen LogP contribution in [-0.4, -0.2) is 18.0 Å². The molecular formula is C21H22N2O2. The number of carbonyl (C=O) groups excluding carboxylic acids is 1. The maximum Gasteiger partial charge on any atom is 0.257 e. The summed E-state index contributed by atoms with van der Waals surface area (Å²) < 4.78 is 5.26. The number of pyridine rings is 1. The molecule has 3 aromatic rings. The Morgan fingerprint density at radius 1 is 1.00 bits per heavy atom. The molecule has 3 rings (SSSR count). The van der Waals surface area contributed by atoms with Crippen LogP contribution in [0.5, 0.6) is 5.75 Å². The van der Waals surface area contributed by atoms with Gasteiger partial charge in [-0.25, -0.2) is 0 Å². The van der Waals surface area contributed by atoms with E-state index in [9.17, 15) is 4.79 Å². The molecule has 1 heterocycles. The first-order chi connectivity index (χ1) is 11.9. The van der Waals surface area contributed by atoms with Gasteiger partial charge in [0, 0.05) is 11.1 Å². The number of anilines is 1. The molecule has 2 aromatic carbocycles. The zero-order valence-electron chi connectivity index (χ0n) is 15.2. The van der Waals surface area contributed by atoms with Gasteiger partial charge in [0.15, 0.2) is 0 Å². The van der Waals surface area contributed by atoms with E-state index >= 15 is 0 Å². The second-order valence-corrected chi connectivity index (χ2v) is 6.41. The van der Waals surface area contributed by atoms with Gasteiger partial charge in [0.2, 0.25) is 0 Å². The van der Waals surface area contributed by atoms with Crippen LogP contribution >= 0.6 is 0 Å². The van der Waals surface area contributed by atoms with Gasteiger partial charge in [-0.15, -0.1) is 0 Å². The quantitative estimate of drug-likeness (QED) is 0.753. The highest BCUT2D eigenvalue weighted by Gasteiger charge is 2.14. The summed E-state index contributed by atoms with van der Waals surface area (Å²) in [5.41, 5.74) is 6.28. The van der Waals surface area contributed by atoms with Crippen molar-refractivity contribution in [3.05, 3.63) is 64.3 Å². The second-order valence-electron chi connectivity index (χ2n) is 6.41. The van der Waals surface area contributed by atoms with Crippen molar-refractivity contribution < 1.29 is 9.53 Å². The minimum atomic E-state index is -0.148. The second kappa shape index (κ2) is 6.55. The summed E-state index contributed by atoms with van der Waals surface area (Å²) in [5.74, 6) is 0.597. The Bertz CT molecular complexity index is 954. The van der Waals surface area contributed by atoms with Gasteiger partial charge in [0.1, 0.15) is 5.75 Å². The van der Waals surface area contributed by atoms with Gasteiger partial charge in [-0.3, -0.25) is 9.78 Å². The topological polar surface area (TPSA) is 51.2 Å². The first-order valence-electron chi connectivity index (χ1n) is 8.23. The van der Waals surface area contributed by atoms with E-state index < -0.39 is 0 Å². The Kier molecular flexibility index (Phi) is 4.45. The first-order valence-corrected chi connectivity index (χ1v) is 8.23. The van der Waals surface area contributed by atoms with Crippen LogP contribution in [0.3, 0.4) is 0 Å². The first kappa shape index (κ1) is 17.0. The van der Waals surface area contributed by atoms with E-state index in [0.717, 1.165) is 33.5 Å². The summed E-state index contributed by atoms with van der Waals surface area (Å²) >= 11 is 0. The fraction of sp³-hybridized carbons (Fsp3) is 0.238. The lowest BCUT2D eigenvalue weighted by Crippen LogP contribution is -2.16. The monoisotopic (exact) mass is 334 g/mol. The number of rotatable bonds is 3. The van der Waals surface area contributed by atoms with Crippen molar-refractivity contribution >= 4 is 22.5 Å². The lowest BCUT2D eigenvalue weighted by atomic mass is 10.0. The number of aryl methyl sites for hydroxylation is 4. The van der Waals surface area contributed by atoms with Gasteiger partial charge in [0.25, 0.3) is 5.91 Å². The van der Waals surface area contributed by atoms with Crippen molar-refractivity contribution in [2.45, 2.75) is 27.7 Å². The molecule has 0 radical (unpaired) electrons. The van der Waals surface area contributed by atoms with Gasteiger partial charge in [0.05, 0.1) is 23.9 Å². The molecule has 0 aliphatic heterocycles. The van der Waals surface area contributed by atoms with Crippen LogP contribution in [0, 0.1) is 27.7 Å².